The van der Waals surface area contributed by atoms with E-state index in [4.69, 9.17) is 0 Å². The zero-order valence-electron chi connectivity index (χ0n) is 22.7. The van der Waals surface area contributed by atoms with Crippen LogP contribution in [0.3, 0.4) is 0 Å². The Balaban J connectivity index is 1.58. The number of rotatable bonds is 20. The van der Waals surface area contributed by atoms with E-state index in [1.807, 2.05) is 12.4 Å². The predicted molar refractivity (Wildman–Crippen MR) is 149 cm³/mol. The Hall–Kier alpha value is -1.70. The summed E-state index contributed by atoms with van der Waals surface area (Å²) in [6, 6.07) is 8.91. The fraction of sp³-hybridized carbons (Fsp3) is 0.688. The van der Waals surface area contributed by atoms with Crippen LogP contribution in [-0.2, 0) is 12.8 Å². The van der Waals surface area contributed by atoms with Gasteiger partial charge in [-0.1, -0.05) is 135 Å². The smallest absolute Gasteiger partial charge is 0.159 e. The molecular weight excluding hydrogens is 412 g/mol. The van der Waals surface area contributed by atoms with Gasteiger partial charge in [0.2, 0.25) is 0 Å². The SMILES string of the molecule is CCCCCCCCCCCc1ccc(-c2ncc(CCCCCCCC(C)CC)cn2)cc1. The molecule has 2 rings (SSSR count). The quantitative estimate of drug-likeness (QED) is 0.182. The van der Waals surface area contributed by atoms with Crippen LogP contribution in [0.4, 0.5) is 0 Å². The third-order valence-electron chi connectivity index (χ3n) is 7.35. The molecular formula is C32H52N2. The van der Waals surface area contributed by atoms with Crippen LogP contribution in [-0.4, -0.2) is 9.97 Å². The van der Waals surface area contributed by atoms with Crippen LogP contribution in [0.2, 0.25) is 0 Å². The van der Waals surface area contributed by atoms with E-state index < -0.39 is 0 Å². The van der Waals surface area contributed by atoms with Crippen LogP contribution < -0.4 is 0 Å². The summed E-state index contributed by atoms with van der Waals surface area (Å²) in [5, 5.41) is 0. The monoisotopic (exact) mass is 464 g/mol. The van der Waals surface area contributed by atoms with Crippen molar-refractivity contribution >= 4 is 0 Å². The van der Waals surface area contributed by atoms with Crippen molar-refractivity contribution in [2.45, 2.75) is 136 Å². The van der Waals surface area contributed by atoms with Crippen LogP contribution in [0.25, 0.3) is 11.4 Å². The third kappa shape index (κ3) is 12.7. The maximum absolute atomic E-state index is 4.65. The van der Waals surface area contributed by atoms with Gasteiger partial charge in [0.05, 0.1) is 0 Å². The molecule has 1 aromatic carbocycles. The molecule has 1 aromatic heterocycles. The number of aryl methyl sites for hydroxylation is 2. The van der Waals surface area contributed by atoms with E-state index in [0.29, 0.717) is 0 Å². The molecule has 190 valence electrons. The summed E-state index contributed by atoms with van der Waals surface area (Å²) in [6.45, 7) is 6.96. The fourth-order valence-electron chi connectivity index (χ4n) is 4.65. The minimum Gasteiger partial charge on any atom is -0.236 e. The van der Waals surface area contributed by atoms with Crippen LogP contribution >= 0.6 is 0 Å². The summed E-state index contributed by atoms with van der Waals surface area (Å²) >= 11 is 0. The van der Waals surface area contributed by atoms with Gasteiger partial charge in [-0.05, 0) is 42.7 Å². The summed E-state index contributed by atoms with van der Waals surface area (Å²) in [5.74, 6) is 1.75. The van der Waals surface area contributed by atoms with Crippen molar-refractivity contribution in [1.29, 1.82) is 0 Å². The topological polar surface area (TPSA) is 25.8 Å². The minimum atomic E-state index is 0.850. The first kappa shape index (κ1) is 28.5. The first-order chi connectivity index (χ1) is 16.7. The Bertz CT molecular complexity index is 720. The molecule has 1 atom stereocenters. The van der Waals surface area contributed by atoms with Crippen LogP contribution in [0.1, 0.15) is 135 Å². The van der Waals surface area contributed by atoms with Crippen molar-refractivity contribution < 1.29 is 0 Å². The molecule has 0 fully saturated rings. The number of aromatic nitrogens is 2. The predicted octanol–water partition coefficient (Wildman–Crippen LogP) is 10.1. The van der Waals surface area contributed by atoms with Crippen molar-refractivity contribution in [1.82, 2.24) is 9.97 Å². The normalized spacial score (nSPS) is 12.2. The van der Waals surface area contributed by atoms with Gasteiger partial charge in [0, 0.05) is 18.0 Å². The summed E-state index contributed by atoms with van der Waals surface area (Å²) in [5.41, 5.74) is 3.83. The fourth-order valence-corrected chi connectivity index (χ4v) is 4.65. The molecule has 0 aliphatic rings. The van der Waals surface area contributed by atoms with Crippen LogP contribution in [0.15, 0.2) is 36.7 Å². The molecule has 0 radical (unpaired) electrons. The molecule has 0 saturated heterocycles. The molecule has 1 heterocycles. The zero-order chi connectivity index (χ0) is 24.3. The molecule has 1 unspecified atom stereocenters. The van der Waals surface area contributed by atoms with Crippen molar-refractivity contribution in [3.8, 4) is 11.4 Å². The van der Waals surface area contributed by atoms with Gasteiger partial charge in [-0.3, -0.25) is 0 Å². The lowest BCUT2D eigenvalue weighted by Gasteiger charge is -2.07. The number of hydrogen-bond acceptors (Lipinski definition) is 2. The van der Waals surface area contributed by atoms with E-state index in [2.05, 4.69) is 55.0 Å². The molecule has 0 bridgehead atoms. The Morgan fingerprint density at radius 1 is 0.588 bits per heavy atom. The molecule has 2 aromatic rings. The highest BCUT2D eigenvalue weighted by molar-refractivity contribution is 5.55. The van der Waals surface area contributed by atoms with Crippen molar-refractivity contribution in [3.63, 3.8) is 0 Å². The van der Waals surface area contributed by atoms with E-state index in [-0.39, 0.29) is 0 Å². The van der Waals surface area contributed by atoms with Crippen molar-refractivity contribution in [2.24, 2.45) is 5.92 Å². The zero-order valence-corrected chi connectivity index (χ0v) is 22.7. The second-order valence-corrected chi connectivity index (χ2v) is 10.5. The molecule has 34 heavy (non-hydrogen) atoms. The average Bonchev–Trinajstić information content (AvgIpc) is 2.87. The Kier molecular flexibility index (Phi) is 15.6. The van der Waals surface area contributed by atoms with E-state index in [0.717, 1.165) is 23.7 Å². The lowest BCUT2D eigenvalue weighted by Crippen LogP contribution is -1.94. The van der Waals surface area contributed by atoms with E-state index >= 15 is 0 Å². The highest BCUT2D eigenvalue weighted by atomic mass is 14.9. The standard InChI is InChI=1S/C32H52N2/c1-4-6-7-8-9-10-11-14-17-20-29-22-24-31(25-23-29)32-33-26-30(27-34-32)21-18-15-12-13-16-19-28(3)5-2/h22-28H,4-21H2,1-3H3. The minimum absolute atomic E-state index is 0.850. The first-order valence-electron chi connectivity index (χ1n) is 14.6. The maximum Gasteiger partial charge on any atom is 0.159 e. The Morgan fingerprint density at radius 2 is 1.09 bits per heavy atom. The molecule has 0 aliphatic carbocycles. The Morgan fingerprint density at radius 3 is 1.65 bits per heavy atom. The molecule has 0 aliphatic heterocycles. The van der Waals surface area contributed by atoms with Gasteiger partial charge in [0.1, 0.15) is 0 Å². The summed E-state index contributed by atoms with van der Waals surface area (Å²) in [4.78, 5) is 9.29. The maximum atomic E-state index is 4.65. The van der Waals surface area contributed by atoms with E-state index in [1.54, 1.807) is 0 Å². The molecule has 0 amide bonds. The third-order valence-corrected chi connectivity index (χ3v) is 7.35. The molecule has 0 saturated carbocycles. The lowest BCUT2D eigenvalue weighted by atomic mass is 9.99. The van der Waals surface area contributed by atoms with Gasteiger partial charge in [0.15, 0.2) is 5.82 Å². The molecule has 0 N–H and O–H groups in total. The van der Waals surface area contributed by atoms with Crippen LogP contribution in [0, 0.1) is 5.92 Å². The molecule has 0 spiro atoms. The highest BCUT2D eigenvalue weighted by Gasteiger charge is 2.03. The van der Waals surface area contributed by atoms with Gasteiger partial charge in [0.25, 0.3) is 0 Å². The number of hydrogen-bond donors (Lipinski definition) is 0. The largest absolute Gasteiger partial charge is 0.236 e. The second kappa shape index (κ2) is 18.6. The van der Waals surface area contributed by atoms with Gasteiger partial charge in [-0.2, -0.15) is 0 Å². The number of unbranched alkanes of at least 4 members (excludes halogenated alkanes) is 12. The number of benzene rings is 1. The molecule has 2 heteroatoms. The van der Waals surface area contributed by atoms with Crippen molar-refractivity contribution in [2.75, 3.05) is 0 Å². The Labute approximate surface area is 211 Å². The highest BCUT2D eigenvalue weighted by Crippen LogP contribution is 2.19. The average molecular weight is 465 g/mol. The first-order valence-corrected chi connectivity index (χ1v) is 14.6. The number of nitrogens with zero attached hydrogens (tertiary/aromatic N) is 2. The van der Waals surface area contributed by atoms with Gasteiger partial charge >= 0.3 is 0 Å². The van der Waals surface area contributed by atoms with E-state index in [9.17, 15) is 0 Å². The summed E-state index contributed by atoms with van der Waals surface area (Å²) in [7, 11) is 0. The lowest BCUT2D eigenvalue weighted by molar-refractivity contribution is 0.472. The van der Waals surface area contributed by atoms with Crippen LogP contribution in [0.5, 0.6) is 0 Å². The molecule has 2 nitrogen and oxygen atoms in total. The van der Waals surface area contributed by atoms with Gasteiger partial charge in [-0.15, -0.1) is 0 Å². The van der Waals surface area contributed by atoms with Gasteiger partial charge in [-0.25, -0.2) is 9.97 Å². The summed E-state index contributed by atoms with van der Waals surface area (Å²) in [6.07, 6.45) is 28.3. The van der Waals surface area contributed by atoms with Gasteiger partial charge < -0.3 is 0 Å². The second-order valence-electron chi connectivity index (χ2n) is 10.5. The summed E-state index contributed by atoms with van der Waals surface area (Å²) < 4.78 is 0. The van der Waals surface area contributed by atoms with E-state index in [1.165, 1.54) is 120 Å². The van der Waals surface area contributed by atoms with Crippen molar-refractivity contribution in [3.05, 3.63) is 47.8 Å².